The quantitative estimate of drug-likeness (QED) is 0.460. The number of nitrogens with one attached hydrogen (secondary N) is 1. The Balaban J connectivity index is 1.64. The highest BCUT2D eigenvalue weighted by atomic mass is 19.1. The van der Waals surface area contributed by atoms with Gasteiger partial charge in [-0.3, -0.25) is 14.5 Å². The zero-order chi connectivity index (χ0) is 24.2. The van der Waals surface area contributed by atoms with E-state index in [9.17, 15) is 14.0 Å². The number of methoxy groups -OCH3 is 1. The van der Waals surface area contributed by atoms with E-state index in [0.29, 0.717) is 29.2 Å². The van der Waals surface area contributed by atoms with Gasteiger partial charge in [0.15, 0.2) is 0 Å². The fourth-order valence-electron chi connectivity index (χ4n) is 3.91. The Hall–Kier alpha value is -3.93. The second kappa shape index (κ2) is 9.91. The summed E-state index contributed by atoms with van der Waals surface area (Å²) in [5.74, 6) is -0.0206. The molecule has 0 aromatic heterocycles. The van der Waals surface area contributed by atoms with Crippen LogP contribution in [0.5, 0.6) is 5.75 Å². The molecule has 0 radical (unpaired) electrons. The number of hydrogen-bond donors (Lipinski definition) is 1. The first-order valence-electron chi connectivity index (χ1n) is 11.2. The van der Waals surface area contributed by atoms with Crippen molar-refractivity contribution in [2.45, 2.75) is 26.2 Å². The first-order chi connectivity index (χ1) is 16.4. The minimum atomic E-state index is -0.383. The second-order valence-electron chi connectivity index (χ2n) is 8.52. The largest absolute Gasteiger partial charge is 0.497 e. The third-order valence-electron chi connectivity index (χ3n) is 5.93. The van der Waals surface area contributed by atoms with E-state index in [-0.39, 0.29) is 29.9 Å². The van der Waals surface area contributed by atoms with Crippen molar-refractivity contribution < 1.29 is 18.7 Å². The van der Waals surface area contributed by atoms with Crippen LogP contribution in [-0.4, -0.2) is 30.4 Å². The van der Waals surface area contributed by atoms with Crippen molar-refractivity contribution >= 4 is 23.1 Å². The molecule has 0 bridgehead atoms. The van der Waals surface area contributed by atoms with Crippen molar-refractivity contribution in [3.05, 3.63) is 101 Å². The molecule has 0 atom stereocenters. The maximum absolute atomic E-state index is 13.4. The molecule has 3 aromatic carbocycles. The highest BCUT2D eigenvalue weighted by molar-refractivity contribution is 6.36. The van der Waals surface area contributed by atoms with Gasteiger partial charge < -0.3 is 10.1 Å². The number of halogens is 1. The molecule has 1 aliphatic heterocycles. The van der Waals surface area contributed by atoms with Gasteiger partial charge in [-0.05, 0) is 65.4 Å². The number of carbonyl (C=O) groups excluding carboxylic acids is 2. The minimum absolute atomic E-state index is 0.195. The lowest BCUT2D eigenvalue weighted by Crippen LogP contribution is -2.34. The standard InChI is InChI=1S/C28H27FN2O3/c1-18(2)20-6-12-23(13-7-20)30-26-25(21-8-14-24(34-3)15-9-21)27(32)31(28(26)33)17-16-19-4-10-22(29)11-5-19/h4-15,18,30H,16-17H2,1-3H3. The SMILES string of the molecule is COc1ccc(C2=C(Nc3ccc(C(C)C)cc3)C(=O)N(CCc3ccc(F)cc3)C2=O)cc1. The van der Waals surface area contributed by atoms with Crippen LogP contribution in [0.3, 0.4) is 0 Å². The molecule has 0 fully saturated rings. The van der Waals surface area contributed by atoms with Crippen molar-refractivity contribution in [2.75, 3.05) is 19.0 Å². The molecule has 4 rings (SSSR count). The summed E-state index contributed by atoms with van der Waals surface area (Å²) in [6.45, 7) is 4.43. The average Bonchev–Trinajstić information content (AvgIpc) is 3.08. The highest BCUT2D eigenvalue weighted by Gasteiger charge is 2.39. The number of carbonyl (C=O) groups is 2. The van der Waals surface area contributed by atoms with Crippen molar-refractivity contribution in [1.29, 1.82) is 0 Å². The molecule has 0 spiro atoms. The maximum Gasteiger partial charge on any atom is 0.278 e. The van der Waals surface area contributed by atoms with Crippen LogP contribution in [0.25, 0.3) is 5.57 Å². The van der Waals surface area contributed by atoms with E-state index in [1.165, 1.54) is 22.6 Å². The van der Waals surface area contributed by atoms with Gasteiger partial charge in [0.2, 0.25) is 0 Å². The summed E-state index contributed by atoms with van der Waals surface area (Å²) in [4.78, 5) is 28.0. The molecule has 1 heterocycles. The molecular formula is C28H27FN2O3. The predicted molar refractivity (Wildman–Crippen MR) is 131 cm³/mol. The molecule has 174 valence electrons. The van der Waals surface area contributed by atoms with Gasteiger partial charge >= 0.3 is 0 Å². The van der Waals surface area contributed by atoms with Gasteiger partial charge in [-0.1, -0.05) is 50.2 Å². The highest BCUT2D eigenvalue weighted by Crippen LogP contribution is 2.32. The number of nitrogens with zero attached hydrogens (tertiary/aromatic N) is 1. The van der Waals surface area contributed by atoms with Crippen molar-refractivity contribution in [3.63, 3.8) is 0 Å². The predicted octanol–water partition coefficient (Wildman–Crippen LogP) is 5.39. The van der Waals surface area contributed by atoms with Crippen LogP contribution in [0.4, 0.5) is 10.1 Å². The van der Waals surface area contributed by atoms with Gasteiger partial charge in [-0.2, -0.15) is 0 Å². The summed E-state index contributed by atoms with van der Waals surface area (Å²) < 4.78 is 18.5. The maximum atomic E-state index is 13.4. The zero-order valence-corrected chi connectivity index (χ0v) is 19.5. The van der Waals surface area contributed by atoms with E-state index >= 15 is 0 Å². The number of imide groups is 1. The van der Waals surface area contributed by atoms with Crippen molar-refractivity contribution in [2.24, 2.45) is 0 Å². The fourth-order valence-corrected chi connectivity index (χ4v) is 3.91. The molecular weight excluding hydrogens is 431 g/mol. The number of amides is 2. The van der Waals surface area contributed by atoms with Crippen LogP contribution in [0, 0.1) is 5.82 Å². The Morgan fingerprint density at radius 3 is 2.12 bits per heavy atom. The summed E-state index contributed by atoms with van der Waals surface area (Å²) in [5, 5.41) is 3.19. The van der Waals surface area contributed by atoms with E-state index in [1.54, 1.807) is 43.5 Å². The van der Waals surface area contributed by atoms with Gasteiger partial charge in [-0.15, -0.1) is 0 Å². The van der Waals surface area contributed by atoms with E-state index in [0.717, 1.165) is 11.3 Å². The van der Waals surface area contributed by atoms with Gasteiger partial charge in [0.1, 0.15) is 17.3 Å². The molecule has 3 aromatic rings. The molecule has 34 heavy (non-hydrogen) atoms. The van der Waals surface area contributed by atoms with Crippen LogP contribution in [0.2, 0.25) is 0 Å². The Kier molecular flexibility index (Phi) is 6.77. The van der Waals surface area contributed by atoms with Crippen LogP contribution in [0.1, 0.15) is 36.5 Å². The van der Waals surface area contributed by atoms with Crippen molar-refractivity contribution in [3.8, 4) is 5.75 Å². The molecule has 1 aliphatic rings. The molecule has 0 aliphatic carbocycles. The third-order valence-corrected chi connectivity index (χ3v) is 5.93. The minimum Gasteiger partial charge on any atom is -0.497 e. The summed E-state index contributed by atoms with van der Waals surface area (Å²) >= 11 is 0. The zero-order valence-electron chi connectivity index (χ0n) is 19.5. The lowest BCUT2D eigenvalue weighted by molar-refractivity contribution is -0.136. The van der Waals surface area contributed by atoms with E-state index in [2.05, 4.69) is 19.2 Å². The summed E-state index contributed by atoms with van der Waals surface area (Å²) in [7, 11) is 1.57. The Bertz CT molecular complexity index is 1210. The van der Waals surface area contributed by atoms with Crippen molar-refractivity contribution in [1.82, 2.24) is 4.90 Å². The molecule has 6 heteroatoms. The number of ether oxygens (including phenoxy) is 1. The summed E-state index contributed by atoms with van der Waals surface area (Å²) in [6, 6.07) is 21.0. The number of rotatable bonds is 8. The van der Waals surface area contributed by atoms with Gasteiger partial charge in [0, 0.05) is 12.2 Å². The lowest BCUT2D eigenvalue weighted by atomic mass is 10.0. The number of hydrogen-bond acceptors (Lipinski definition) is 4. The first-order valence-corrected chi connectivity index (χ1v) is 11.2. The molecule has 2 amide bonds. The monoisotopic (exact) mass is 458 g/mol. The topological polar surface area (TPSA) is 58.6 Å². The molecule has 0 saturated carbocycles. The molecule has 1 N–H and O–H groups in total. The fraction of sp³-hybridized carbons (Fsp3) is 0.214. The molecule has 0 unspecified atom stereocenters. The van der Waals surface area contributed by atoms with Gasteiger partial charge in [-0.25, -0.2) is 4.39 Å². The number of benzene rings is 3. The van der Waals surface area contributed by atoms with Crippen LogP contribution in [-0.2, 0) is 16.0 Å². The first kappa shape index (κ1) is 23.2. The van der Waals surface area contributed by atoms with Gasteiger partial charge in [0.05, 0.1) is 12.7 Å². The van der Waals surface area contributed by atoms with Crippen LogP contribution < -0.4 is 10.1 Å². The summed E-state index contributed by atoms with van der Waals surface area (Å²) in [5.41, 5.74) is 3.95. The average molecular weight is 459 g/mol. The van der Waals surface area contributed by atoms with Crippen LogP contribution in [0.15, 0.2) is 78.5 Å². The molecule has 0 saturated heterocycles. The summed E-state index contributed by atoms with van der Waals surface area (Å²) in [6.07, 6.45) is 0.435. The normalized spacial score (nSPS) is 13.7. The second-order valence-corrected chi connectivity index (χ2v) is 8.52. The number of anilines is 1. The van der Waals surface area contributed by atoms with E-state index in [4.69, 9.17) is 4.74 Å². The van der Waals surface area contributed by atoms with Crippen LogP contribution >= 0.6 is 0 Å². The Morgan fingerprint density at radius 1 is 0.882 bits per heavy atom. The molecule has 5 nitrogen and oxygen atoms in total. The van der Waals surface area contributed by atoms with E-state index in [1.807, 2.05) is 24.3 Å². The third kappa shape index (κ3) is 4.86. The smallest absolute Gasteiger partial charge is 0.278 e. The van der Waals surface area contributed by atoms with E-state index < -0.39 is 0 Å². The Morgan fingerprint density at radius 2 is 1.53 bits per heavy atom. The van der Waals surface area contributed by atoms with Gasteiger partial charge in [0.25, 0.3) is 11.8 Å². The Labute approximate surface area is 198 Å². The lowest BCUT2D eigenvalue weighted by Gasteiger charge is -2.15.